The van der Waals surface area contributed by atoms with Gasteiger partial charge in [-0.3, -0.25) is 0 Å². The lowest BCUT2D eigenvalue weighted by Gasteiger charge is -2.29. The summed E-state index contributed by atoms with van der Waals surface area (Å²) in [6.45, 7) is 3.79. The zero-order chi connectivity index (χ0) is 19.2. The molecule has 0 spiro atoms. The number of rotatable bonds is 9. The van der Waals surface area contributed by atoms with Gasteiger partial charge in [0.25, 0.3) is 0 Å². The number of hydrogen-bond donors (Lipinski definition) is 2. The number of benzene rings is 2. The third-order valence-electron chi connectivity index (χ3n) is 3.88. The molecule has 2 rings (SSSR count). The lowest BCUT2D eigenvalue weighted by Crippen LogP contribution is -2.39. The summed E-state index contributed by atoms with van der Waals surface area (Å²) in [4.78, 5) is 30.9. The highest BCUT2D eigenvalue weighted by Crippen LogP contribution is 2.41. The second-order valence-electron chi connectivity index (χ2n) is 5.95. The molecular formula is C18H24NO6P. The summed E-state index contributed by atoms with van der Waals surface area (Å²) in [6.07, 6.45) is 2.67. The predicted octanol–water partition coefficient (Wildman–Crippen LogP) is 3.79. The van der Waals surface area contributed by atoms with Crippen LogP contribution < -0.4 is 5.06 Å². The number of nitrogens with zero attached hydrogens (tertiary/aromatic N) is 1. The molecule has 7 nitrogen and oxygen atoms in total. The first kappa shape index (κ1) is 20.4. The maximum absolute atomic E-state index is 12.3. The number of fused-ring (bicyclic) bond motifs is 1. The zero-order valence-electron chi connectivity index (χ0n) is 14.9. The molecule has 0 fully saturated rings. The second-order valence-corrected chi connectivity index (χ2v) is 7.09. The maximum Gasteiger partial charge on any atom is 0.491 e. The molecule has 0 bridgehead atoms. The smallest absolute Gasteiger partial charge is 0.464 e. The van der Waals surface area contributed by atoms with E-state index in [-0.39, 0.29) is 6.61 Å². The molecule has 2 aromatic rings. The van der Waals surface area contributed by atoms with Gasteiger partial charge in [0.05, 0.1) is 12.3 Å². The van der Waals surface area contributed by atoms with Gasteiger partial charge in [0.15, 0.2) is 6.04 Å². The molecule has 0 amide bonds. The lowest BCUT2D eigenvalue weighted by atomic mass is 10.1. The Morgan fingerprint density at radius 3 is 2.54 bits per heavy atom. The van der Waals surface area contributed by atoms with E-state index in [0.717, 1.165) is 29.7 Å². The van der Waals surface area contributed by atoms with E-state index >= 15 is 0 Å². The van der Waals surface area contributed by atoms with Crippen LogP contribution in [0.3, 0.4) is 0 Å². The van der Waals surface area contributed by atoms with Crippen LogP contribution in [0.4, 0.5) is 5.69 Å². The SMILES string of the molecule is CCCCCOC(=O)[C@H](C)N(OP(=O)(O)O)c1cccc2ccccc12. The van der Waals surface area contributed by atoms with Crippen molar-refractivity contribution in [2.45, 2.75) is 39.2 Å². The van der Waals surface area contributed by atoms with Crippen LogP contribution >= 0.6 is 7.82 Å². The zero-order valence-corrected chi connectivity index (χ0v) is 15.8. The molecule has 0 aromatic heterocycles. The van der Waals surface area contributed by atoms with Gasteiger partial charge in [0.2, 0.25) is 0 Å². The van der Waals surface area contributed by atoms with Gasteiger partial charge in [-0.15, -0.1) is 0 Å². The molecule has 26 heavy (non-hydrogen) atoms. The Balaban J connectivity index is 2.31. The lowest BCUT2D eigenvalue weighted by molar-refractivity contribution is -0.146. The Morgan fingerprint density at radius 2 is 1.85 bits per heavy atom. The Labute approximate surface area is 152 Å². The molecule has 0 radical (unpaired) electrons. The van der Waals surface area contributed by atoms with Crippen LogP contribution in [-0.2, 0) is 18.7 Å². The van der Waals surface area contributed by atoms with Gasteiger partial charge >= 0.3 is 13.8 Å². The van der Waals surface area contributed by atoms with Crippen LogP contribution in [0.25, 0.3) is 10.8 Å². The molecule has 0 aliphatic rings. The number of esters is 1. The molecule has 1 atom stereocenters. The summed E-state index contributed by atoms with van der Waals surface area (Å²) >= 11 is 0. The second kappa shape index (κ2) is 9.14. The fourth-order valence-corrected chi connectivity index (χ4v) is 3.04. The molecule has 8 heteroatoms. The quantitative estimate of drug-likeness (QED) is 0.295. The van der Waals surface area contributed by atoms with Crippen LogP contribution in [0.1, 0.15) is 33.1 Å². The van der Waals surface area contributed by atoms with Crippen molar-refractivity contribution in [2.75, 3.05) is 11.7 Å². The summed E-state index contributed by atoms with van der Waals surface area (Å²) in [5.41, 5.74) is 0.379. The highest BCUT2D eigenvalue weighted by molar-refractivity contribution is 7.46. The molecular weight excluding hydrogens is 357 g/mol. The fraction of sp³-hybridized carbons (Fsp3) is 0.389. The first-order chi connectivity index (χ1) is 12.3. The summed E-state index contributed by atoms with van der Waals surface area (Å²) in [7, 11) is -4.88. The van der Waals surface area contributed by atoms with Crippen molar-refractivity contribution in [1.29, 1.82) is 0 Å². The van der Waals surface area contributed by atoms with Crippen molar-refractivity contribution in [1.82, 2.24) is 0 Å². The predicted molar refractivity (Wildman–Crippen MR) is 99.5 cm³/mol. The molecule has 2 N–H and O–H groups in total. The van der Waals surface area contributed by atoms with E-state index in [1.54, 1.807) is 24.3 Å². The number of carbonyl (C=O) groups is 1. The monoisotopic (exact) mass is 381 g/mol. The average molecular weight is 381 g/mol. The van der Waals surface area contributed by atoms with E-state index in [4.69, 9.17) is 9.36 Å². The van der Waals surface area contributed by atoms with E-state index in [0.29, 0.717) is 11.1 Å². The van der Waals surface area contributed by atoms with Crippen LogP contribution in [0.15, 0.2) is 42.5 Å². The van der Waals surface area contributed by atoms with Gasteiger partial charge in [-0.1, -0.05) is 56.2 Å². The Bertz CT molecular complexity index is 785. The van der Waals surface area contributed by atoms with E-state index < -0.39 is 19.8 Å². The number of unbranched alkanes of at least 4 members (excludes halogenated alkanes) is 2. The summed E-state index contributed by atoms with van der Waals surface area (Å²) in [5, 5.41) is 2.49. The van der Waals surface area contributed by atoms with Crippen molar-refractivity contribution in [3.63, 3.8) is 0 Å². The van der Waals surface area contributed by atoms with Gasteiger partial charge in [-0.2, -0.15) is 4.62 Å². The van der Waals surface area contributed by atoms with Gasteiger partial charge in [0.1, 0.15) is 0 Å². The minimum Gasteiger partial charge on any atom is -0.464 e. The Hall–Kier alpha value is -1.92. The number of anilines is 1. The van der Waals surface area contributed by atoms with Crippen molar-refractivity contribution < 1.29 is 28.5 Å². The Morgan fingerprint density at radius 1 is 1.15 bits per heavy atom. The van der Waals surface area contributed by atoms with E-state index in [9.17, 15) is 19.1 Å². The molecule has 0 aliphatic heterocycles. The number of phosphoric acid groups is 1. The first-order valence-corrected chi connectivity index (χ1v) is 10.1. The largest absolute Gasteiger partial charge is 0.491 e. The number of hydrogen-bond acceptors (Lipinski definition) is 5. The van der Waals surface area contributed by atoms with Gasteiger partial charge in [-0.05, 0) is 24.8 Å². The third kappa shape index (κ3) is 5.54. The topological polar surface area (TPSA) is 96.3 Å². The van der Waals surface area contributed by atoms with Crippen LogP contribution in [0, 0.1) is 0 Å². The minimum absolute atomic E-state index is 0.260. The molecule has 2 aromatic carbocycles. The van der Waals surface area contributed by atoms with Crippen LogP contribution in [0.2, 0.25) is 0 Å². The van der Waals surface area contributed by atoms with Gasteiger partial charge in [-0.25, -0.2) is 14.4 Å². The molecule has 142 valence electrons. The number of ether oxygens (including phenoxy) is 1. The third-order valence-corrected chi connectivity index (χ3v) is 4.27. The van der Waals surface area contributed by atoms with Crippen LogP contribution in [0.5, 0.6) is 0 Å². The summed E-state index contributed by atoms with van der Waals surface area (Å²) in [5.74, 6) is -0.609. The molecule has 0 unspecified atom stereocenters. The van der Waals surface area contributed by atoms with Crippen molar-refractivity contribution in [3.8, 4) is 0 Å². The standard InChI is InChI=1S/C18H24NO6P/c1-3-4-7-13-24-18(20)14(2)19(25-26(21,22)23)17-12-8-10-15-9-5-6-11-16(15)17/h5-6,8-12,14H,3-4,7,13H2,1-2H3,(H2,21,22,23)/t14-/m0/s1. The highest BCUT2D eigenvalue weighted by Gasteiger charge is 2.31. The van der Waals surface area contributed by atoms with E-state index in [2.05, 4.69) is 0 Å². The van der Waals surface area contributed by atoms with E-state index in [1.165, 1.54) is 6.92 Å². The van der Waals surface area contributed by atoms with Gasteiger partial charge in [0, 0.05) is 5.39 Å². The normalized spacial score (nSPS) is 12.8. The number of carbonyl (C=O) groups excluding carboxylic acids is 1. The van der Waals surface area contributed by atoms with Crippen molar-refractivity contribution in [3.05, 3.63) is 42.5 Å². The Kier molecular flexibility index (Phi) is 7.17. The molecule has 0 saturated heterocycles. The maximum atomic E-state index is 12.3. The number of hydroxylamine groups is 1. The summed E-state index contributed by atoms with van der Waals surface area (Å²) < 4.78 is 21.5. The highest BCUT2D eigenvalue weighted by atomic mass is 31.2. The van der Waals surface area contributed by atoms with Crippen molar-refractivity contribution in [2.24, 2.45) is 0 Å². The minimum atomic E-state index is -4.88. The fourth-order valence-electron chi connectivity index (χ4n) is 2.58. The molecule has 0 aliphatic carbocycles. The van der Waals surface area contributed by atoms with Crippen LogP contribution in [-0.4, -0.2) is 28.4 Å². The summed E-state index contributed by atoms with van der Waals surface area (Å²) in [6, 6.07) is 11.5. The van der Waals surface area contributed by atoms with E-state index in [1.807, 2.05) is 25.1 Å². The van der Waals surface area contributed by atoms with Gasteiger partial charge < -0.3 is 14.5 Å². The van der Waals surface area contributed by atoms with Crippen molar-refractivity contribution >= 4 is 30.3 Å². The molecule has 0 saturated carbocycles. The average Bonchev–Trinajstić information content (AvgIpc) is 2.61. The molecule has 0 heterocycles. The first-order valence-electron chi connectivity index (χ1n) is 8.52.